The van der Waals surface area contributed by atoms with Gasteiger partial charge in [-0.1, -0.05) is 35.0 Å². The van der Waals surface area contributed by atoms with Gasteiger partial charge < -0.3 is 9.88 Å². The second kappa shape index (κ2) is 8.94. The van der Waals surface area contributed by atoms with Crippen molar-refractivity contribution in [2.24, 2.45) is 0 Å². The number of H-pyrrole nitrogens is 1. The molecule has 1 N–H and O–H groups in total. The molecule has 1 amide bonds. The van der Waals surface area contributed by atoms with Crippen molar-refractivity contribution in [2.45, 2.75) is 25.3 Å². The summed E-state index contributed by atoms with van der Waals surface area (Å²) in [5, 5.41) is 8.58. The highest BCUT2D eigenvalue weighted by molar-refractivity contribution is 6.31. The molecule has 2 aromatic carbocycles. The number of carbonyl (C=O) groups excluding carboxylic acids is 1. The number of fused-ring (bicyclic) bond motifs is 1. The molecule has 1 aliphatic rings. The Labute approximate surface area is 197 Å². The van der Waals surface area contributed by atoms with Crippen LogP contribution in [0, 0.1) is 11.6 Å². The van der Waals surface area contributed by atoms with Gasteiger partial charge in [-0.15, -0.1) is 5.10 Å². The summed E-state index contributed by atoms with van der Waals surface area (Å²) in [4.78, 5) is 34.4. The molecule has 1 saturated heterocycles. The van der Waals surface area contributed by atoms with Gasteiger partial charge in [-0.3, -0.25) is 9.59 Å². The number of amides is 1. The standard InChI is InChI=1S/C23H19ClF2N6O2/c24-17-6-2-1-4-13(17)12-32-21-19(29-30-32)22(33)28-20(27-21)14-5-3-9-31(11-14)23(34)16-8-7-15(25)10-18(16)26/h1-2,4,6-8,10,14H,3,5,9,11-12H2,(H,27,28,33)/t14-/m0/s1. The number of nitrogens with zero attached hydrogens (tertiary/aromatic N) is 5. The summed E-state index contributed by atoms with van der Waals surface area (Å²) in [7, 11) is 0. The average molecular weight is 485 g/mol. The molecule has 174 valence electrons. The second-order valence-electron chi connectivity index (χ2n) is 8.18. The first-order chi connectivity index (χ1) is 16.4. The molecule has 4 aromatic rings. The molecule has 34 heavy (non-hydrogen) atoms. The molecule has 0 bridgehead atoms. The van der Waals surface area contributed by atoms with E-state index in [-0.39, 0.29) is 30.1 Å². The normalized spacial score (nSPS) is 16.2. The fourth-order valence-corrected chi connectivity index (χ4v) is 4.38. The van der Waals surface area contributed by atoms with Gasteiger partial charge in [0.05, 0.1) is 12.1 Å². The number of piperidine rings is 1. The number of aromatic amines is 1. The Kier molecular flexibility index (Phi) is 5.82. The molecule has 0 radical (unpaired) electrons. The van der Waals surface area contributed by atoms with E-state index < -0.39 is 23.1 Å². The molecule has 1 atom stereocenters. The van der Waals surface area contributed by atoms with E-state index in [0.717, 1.165) is 17.7 Å². The summed E-state index contributed by atoms with van der Waals surface area (Å²) in [5.41, 5.74) is 0.592. The van der Waals surface area contributed by atoms with E-state index >= 15 is 0 Å². The van der Waals surface area contributed by atoms with E-state index in [9.17, 15) is 18.4 Å². The summed E-state index contributed by atoms with van der Waals surface area (Å²) >= 11 is 6.26. The topological polar surface area (TPSA) is 96.8 Å². The Morgan fingerprint density at radius 1 is 1.21 bits per heavy atom. The highest BCUT2D eigenvalue weighted by atomic mass is 35.5. The molecule has 0 saturated carbocycles. The van der Waals surface area contributed by atoms with Crippen LogP contribution in [0.4, 0.5) is 8.78 Å². The first-order valence-corrected chi connectivity index (χ1v) is 11.1. The smallest absolute Gasteiger partial charge is 0.281 e. The van der Waals surface area contributed by atoms with Gasteiger partial charge in [-0.25, -0.2) is 18.4 Å². The molecule has 1 aliphatic heterocycles. The third kappa shape index (κ3) is 4.16. The highest BCUT2D eigenvalue weighted by Gasteiger charge is 2.29. The van der Waals surface area contributed by atoms with Crippen molar-refractivity contribution in [1.29, 1.82) is 0 Å². The van der Waals surface area contributed by atoms with Crippen LogP contribution in [-0.2, 0) is 6.54 Å². The van der Waals surface area contributed by atoms with Crippen LogP contribution >= 0.6 is 11.6 Å². The van der Waals surface area contributed by atoms with Crippen LogP contribution in [0.5, 0.6) is 0 Å². The van der Waals surface area contributed by atoms with Gasteiger partial charge in [0, 0.05) is 30.1 Å². The van der Waals surface area contributed by atoms with Gasteiger partial charge in [-0.2, -0.15) is 0 Å². The van der Waals surface area contributed by atoms with Crippen molar-refractivity contribution in [3.63, 3.8) is 0 Å². The minimum absolute atomic E-state index is 0.105. The van der Waals surface area contributed by atoms with Gasteiger partial charge in [0.15, 0.2) is 11.2 Å². The molecule has 3 heterocycles. The van der Waals surface area contributed by atoms with E-state index in [1.54, 1.807) is 6.07 Å². The van der Waals surface area contributed by atoms with Crippen molar-refractivity contribution >= 4 is 28.7 Å². The number of hydrogen-bond acceptors (Lipinski definition) is 5. The number of rotatable bonds is 4. The molecule has 2 aromatic heterocycles. The predicted molar refractivity (Wildman–Crippen MR) is 121 cm³/mol. The summed E-state index contributed by atoms with van der Waals surface area (Å²) in [6.07, 6.45) is 1.31. The second-order valence-corrected chi connectivity index (χ2v) is 8.58. The monoisotopic (exact) mass is 484 g/mol. The van der Waals surface area contributed by atoms with Crippen molar-refractivity contribution in [3.8, 4) is 0 Å². The number of hydrogen-bond donors (Lipinski definition) is 1. The van der Waals surface area contributed by atoms with Crippen LogP contribution in [0.1, 0.15) is 40.5 Å². The molecular weight excluding hydrogens is 466 g/mol. The van der Waals surface area contributed by atoms with Crippen LogP contribution in [0.2, 0.25) is 5.02 Å². The van der Waals surface area contributed by atoms with Gasteiger partial charge in [0.2, 0.25) is 0 Å². The molecule has 0 aliphatic carbocycles. The maximum absolute atomic E-state index is 14.1. The van der Waals surface area contributed by atoms with E-state index in [4.69, 9.17) is 11.6 Å². The maximum Gasteiger partial charge on any atom is 0.281 e. The Morgan fingerprint density at radius 3 is 2.82 bits per heavy atom. The zero-order valence-electron chi connectivity index (χ0n) is 17.8. The fraction of sp³-hybridized carbons (Fsp3) is 0.261. The Hall–Kier alpha value is -3.66. The fourth-order valence-electron chi connectivity index (χ4n) is 4.19. The van der Waals surface area contributed by atoms with Gasteiger partial charge in [0.25, 0.3) is 11.5 Å². The summed E-state index contributed by atoms with van der Waals surface area (Å²) in [6.45, 7) is 0.936. The van der Waals surface area contributed by atoms with Crippen molar-refractivity contribution in [2.75, 3.05) is 13.1 Å². The molecule has 11 heteroatoms. The third-order valence-corrected chi connectivity index (χ3v) is 6.30. The third-order valence-electron chi connectivity index (χ3n) is 5.93. The maximum atomic E-state index is 14.1. The summed E-state index contributed by atoms with van der Waals surface area (Å²) in [5.74, 6) is -2.06. The van der Waals surface area contributed by atoms with E-state index in [0.29, 0.717) is 41.9 Å². The van der Waals surface area contributed by atoms with Crippen molar-refractivity contribution in [3.05, 3.63) is 86.4 Å². The van der Waals surface area contributed by atoms with Crippen LogP contribution in [-0.4, -0.2) is 48.9 Å². The van der Waals surface area contributed by atoms with Gasteiger partial charge in [-0.05, 0) is 36.6 Å². The predicted octanol–water partition coefficient (Wildman–Crippen LogP) is 3.51. The first kappa shape index (κ1) is 22.1. The zero-order valence-corrected chi connectivity index (χ0v) is 18.6. The average Bonchev–Trinajstić information content (AvgIpc) is 3.23. The number of aromatic nitrogens is 5. The van der Waals surface area contributed by atoms with Crippen LogP contribution in [0.25, 0.3) is 11.2 Å². The molecule has 1 fully saturated rings. The largest absolute Gasteiger partial charge is 0.338 e. The van der Waals surface area contributed by atoms with Crippen molar-refractivity contribution < 1.29 is 13.6 Å². The highest BCUT2D eigenvalue weighted by Crippen LogP contribution is 2.26. The van der Waals surface area contributed by atoms with Crippen LogP contribution in [0.3, 0.4) is 0 Å². The lowest BCUT2D eigenvalue weighted by atomic mass is 9.96. The minimum Gasteiger partial charge on any atom is -0.338 e. The number of likely N-dealkylation sites (tertiary alicyclic amines) is 1. The molecule has 0 spiro atoms. The SMILES string of the molecule is O=C(c1ccc(F)cc1F)N1CCC[C@H](c2nc3c(nnn3Cc3ccccc3Cl)c(=O)[nH]2)C1. The number of benzene rings is 2. The van der Waals surface area contributed by atoms with E-state index in [1.807, 2.05) is 18.2 Å². The number of carbonyl (C=O) groups is 1. The first-order valence-electron chi connectivity index (χ1n) is 10.7. The van der Waals surface area contributed by atoms with Gasteiger partial charge >= 0.3 is 0 Å². The van der Waals surface area contributed by atoms with Crippen LogP contribution in [0.15, 0.2) is 47.3 Å². The number of halogens is 3. The number of nitrogens with one attached hydrogen (secondary N) is 1. The van der Waals surface area contributed by atoms with Gasteiger partial charge in [0.1, 0.15) is 17.5 Å². The lowest BCUT2D eigenvalue weighted by Crippen LogP contribution is -2.40. The van der Waals surface area contributed by atoms with Crippen molar-refractivity contribution in [1.82, 2.24) is 29.9 Å². The van der Waals surface area contributed by atoms with E-state index in [1.165, 1.54) is 9.58 Å². The molecule has 0 unspecified atom stereocenters. The Morgan fingerprint density at radius 2 is 2.03 bits per heavy atom. The molecule has 5 rings (SSSR count). The lowest BCUT2D eigenvalue weighted by molar-refractivity contribution is 0.0699. The summed E-state index contributed by atoms with van der Waals surface area (Å²) < 4.78 is 28.9. The summed E-state index contributed by atoms with van der Waals surface area (Å²) in [6, 6.07) is 10.2. The molecule has 8 nitrogen and oxygen atoms in total. The quantitative estimate of drug-likeness (QED) is 0.478. The Bertz CT molecular complexity index is 1450. The zero-order chi connectivity index (χ0) is 23.8. The lowest BCUT2D eigenvalue weighted by Gasteiger charge is -2.32. The molecular formula is C23H19ClF2N6O2. The van der Waals surface area contributed by atoms with E-state index in [2.05, 4.69) is 20.3 Å². The minimum atomic E-state index is -0.908. The van der Waals surface area contributed by atoms with Crippen LogP contribution < -0.4 is 5.56 Å². The Balaban J connectivity index is 1.44.